The topological polar surface area (TPSA) is 159 Å². The zero-order chi connectivity index (χ0) is 29.0. The van der Waals surface area contributed by atoms with Crippen LogP contribution in [0, 0.1) is 17.0 Å². The number of carbonyl (C=O) groups excluding carboxylic acids is 1. The van der Waals surface area contributed by atoms with E-state index >= 15 is 0 Å². The van der Waals surface area contributed by atoms with E-state index in [4.69, 9.17) is 20.8 Å². The van der Waals surface area contributed by atoms with Crippen LogP contribution in [0.15, 0.2) is 70.2 Å². The van der Waals surface area contributed by atoms with E-state index in [2.05, 4.69) is 15.1 Å². The lowest BCUT2D eigenvalue weighted by atomic mass is 10.2. The molecule has 4 aromatic rings. The summed E-state index contributed by atoms with van der Waals surface area (Å²) >= 11 is 6.19. The quantitative estimate of drug-likeness (QED) is 0.180. The Bertz CT molecular complexity index is 1650. The molecule has 0 saturated heterocycles. The maximum Gasteiger partial charge on any atom is 0.272 e. The number of amides is 1. The van der Waals surface area contributed by atoms with Gasteiger partial charge in [-0.3, -0.25) is 14.9 Å². The Labute approximate surface area is 235 Å². The number of rotatable bonds is 11. The number of nitro groups is 1. The Morgan fingerprint density at radius 3 is 2.65 bits per heavy atom. The van der Waals surface area contributed by atoms with Crippen molar-refractivity contribution in [2.24, 2.45) is 0 Å². The predicted molar refractivity (Wildman–Crippen MR) is 146 cm³/mol. The molecule has 14 heteroatoms. The average Bonchev–Trinajstić information content (AvgIpc) is 3.55. The van der Waals surface area contributed by atoms with Gasteiger partial charge in [0, 0.05) is 28.8 Å². The second-order valence-electron chi connectivity index (χ2n) is 8.85. The molecular weight excluding hydrogens is 562 g/mol. The first-order chi connectivity index (χ1) is 19.0. The molecule has 2 aromatic carbocycles. The molecule has 0 fully saturated rings. The molecule has 2 heterocycles. The summed E-state index contributed by atoms with van der Waals surface area (Å²) in [6, 6.07) is 12.8. The van der Waals surface area contributed by atoms with Crippen molar-refractivity contribution in [2.45, 2.75) is 44.7 Å². The van der Waals surface area contributed by atoms with Crippen LogP contribution in [-0.4, -0.2) is 35.1 Å². The maximum atomic E-state index is 13.3. The van der Waals surface area contributed by atoms with E-state index in [0.29, 0.717) is 22.9 Å². The van der Waals surface area contributed by atoms with Gasteiger partial charge < -0.3 is 14.5 Å². The van der Waals surface area contributed by atoms with E-state index in [1.54, 1.807) is 57.2 Å². The van der Waals surface area contributed by atoms with Crippen LogP contribution in [-0.2, 0) is 16.6 Å². The summed E-state index contributed by atoms with van der Waals surface area (Å²) in [4.78, 5) is 23.4. The highest BCUT2D eigenvalue weighted by molar-refractivity contribution is 7.89. The van der Waals surface area contributed by atoms with Crippen molar-refractivity contribution in [3.8, 4) is 17.3 Å². The van der Waals surface area contributed by atoms with Crippen LogP contribution in [0.5, 0.6) is 11.6 Å². The second kappa shape index (κ2) is 11.9. The zero-order valence-electron chi connectivity index (χ0n) is 21.8. The van der Waals surface area contributed by atoms with E-state index in [9.17, 15) is 23.3 Å². The Morgan fingerprint density at radius 2 is 2.00 bits per heavy atom. The van der Waals surface area contributed by atoms with Gasteiger partial charge in [-0.15, -0.1) is 0 Å². The number of sulfonamides is 1. The number of halogens is 1. The highest BCUT2D eigenvalue weighted by Crippen LogP contribution is 2.36. The zero-order valence-corrected chi connectivity index (χ0v) is 23.3. The van der Waals surface area contributed by atoms with Gasteiger partial charge in [0.2, 0.25) is 15.9 Å². The largest absolute Gasteiger partial charge is 0.467 e. The van der Waals surface area contributed by atoms with Gasteiger partial charge in [0.25, 0.3) is 11.6 Å². The summed E-state index contributed by atoms with van der Waals surface area (Å²) in [6.07, 6.45) is 1.97. The van der Waals surface area contributed by atoms with E-state index in [1.165, 1.54) is 17.0 Å². The third-order valence-corrected chi connectivity index (χ3v) is 7.79. The Balaban J connectivity index is 1.81. The summed E-state index contributed by atoms with van der Waals surface area (Å²) < 4.78 is 41.7. The molecule has 40 heavy (non-hydrogen) atoms. The minimum Gasteiger partial charge on any atom is -0.467 e. The molecule has 0 saturated carbocycles. The molecule has 0 spiro atoms. The number of non-ortho nitro benzene ring substituents is 1. The van der Waals surface area contributed by atoms with Crippen molar-refractivity contribution in [1.29, 1.82) is 0 Å². The number of nitrogens with zero attached hydrogens (tertiary/aromatic N) is 3. The van der Waals surface area contributed by atoms with Crippen molar-refractivity contribution < 1.29 is 27.3 Å². The van der Waals surface area contributed by atoms with Crippen LogP contribution in [0.25, 0.3) is 5.69 Å². The first kappa shape index (κ1) is 28.8. The molecule has 0 bridgehead atoms. The molecule has 12 nitrogen and oxygen atoms in total. The van der Waals surface area contributed by atoms with Crippen LogP contribution in [0.4, 0.5) is 5.69 Å². The monoisotopic (exact) mass is 587 g/mol. The van der Waals surface area contributed by atoms with Crippen molar-refractivity contribution in [2.75, 3.05) is 0 Å². The highest BCUT2D eigenvalue weighted by Gasteiger charge is 2.28. The fourth-order valence-electron chi connectivity index (χ4n) is 3.68. The van der Waals surface area contributed by atoms with Crippen LogP contribution in [0.2, 0.25) is 5.02 Å². The first-order valence-corrected chi connectivity index (χ1v) is 14.0. The molecule has 0 aliphatic rings. The highest BCUT2D eigenvalue weighted by atomic mass is 35.5. The molecule has 1 amide bonds. The van der Waals surface area contributed by atoms with Crippen molar-refractivity contribution in [1.82, 2.24) is 19.8 Å². The second-order valence-corrected chi connectivity index (χ2v) is 11.0. The standard InChI is InChI=1S/C26H26ClN5O7S/c1-4-16(2)30-40(36,37)23-14-20(32(34)35)10-11-22(23)39-26-17(3)24(25(33)28-15-21-9-6-12-38-21)29-31(26)19-8-5-7-18(27)13-19/h5-14,16,30H,4,15H2,1-3H3,(H,28,33)/t16-/m1/s1. The molecule has 2 N–H and O–H groups in total. The number of hydrogen-bond acceptors (Lipinski definition) is 8. The summed E-state index contributed by atoms with van der Waals surface area (Å²) in [6.45, 7) is 5.16. The summed E-state index contributed by atoms with van der Waals surface area (Å²) in [5, 5.41) is 19.0. The number of furan rings is 1. The predicted octanol–water partition coefficient (Wildman–Crippen LogP) is 5.13. The number of ether oxygens (including phenoxy) is 1. The van der Waals surface area contributed by atoms with Crippen LogP contribution in [0.3, 0.4) is 0 Å². The van der Waals surface area contributed by atoms with E-state index in [-0.39, 0.29) is 29.4 Å². The van der Waals surface area contributed by atoms with Gasteiger partial charge in [0.15, 0.2) is 5.69 Å². The van der Waals surface area contributed by atoms with E-state index in [0.717, 1.165) is 12.1 Å². The molecule has 210 valence electrons. The molecule has 0 aliphatic heterocycles. The lowest BCUT2D eigenvalue weighted by Crippen LogP contribution is -2.32. The third-order valence-electron chi connectivity index (χ3n) is 5.94. The lowest BCUT2D eigenvalue weighted by Gasteiger charge is -2.16. The summed E-state index contributed by atoms with van der Waals surface area (Å²) in [5.41, 5.74) is 0.286. The number of aromatic nitrogens is 2. The van der Waals surface area contributed by atoms with E-state index in [1.807, 2.05) is 0 Å². The Hall–Kier alpha value is -4.20. The van der Waals surface area contributed by atoms with Gasteiger partial charge in [-0.2, -0.15) is 9.78 Å². The first-order valence-electron chi connectivity index (χ1n) is 12.1. The number of nitrogens with one attached hydrogen (secondary N) is 2. The van der Waals surface area contributed by atoms with E-state index < -0.39 is 37.5 Å². The third kappa shape index (κ3) is 6.33. The van der Waals surface area contributed by atoms with Gasteiger partial charge >= 0.3 is 0 Å². The summed E-state index contributed by atoms with van der Waals surface area (Å²) in [7, 11) is -4.24. The minimum atomic E-state index is -4.24. The Morgan fingerprint density at radius 1 is 1.23 bits per heavy atom. The van der Waals surface area contributed by atoms with Crippen molar-refractivity contribution >= 4 is 33.2 Å². The van der Waals surface area contributed by atoms with Gasteiger partial charge in [-0.1, -0.05) is 24.6 Å². The Kier molecular flexibility index (Phi) is 8.57. The molecule has 0 aliphatic carbocycles. The molecule has 0 radical (unpaired) electrons. The normalized spacial score (nSPS) is 12.2. The molecule has 4 rings (SSSR count). The number of benzene rings is 2. The SMILES string of the molecule is CC[C@@H](C)NS(=O)(=O)c1cc([N+](=O)[O-])ccc1Oc1c(C)c(C(=O)NCc2ccco2)nn1-c1cccc(Cl)c1. The van der Waals surface area contributed by atoms with Gasteiger partial charge in [0.05, 0.1) is 23.4 Å². The average molecular weight is 588 g/mol. The smallest absolute Gasteiger partial charge is 0.272 e. The fourth-order valence-corrected chi connectivity index (χ4v) is 5.34. The lowest BCUT2D eigenvalue weighted by molar-refractivity contribution is -0.385. The molecule has 2 aromatic heterocycles. The van der Waals surface area contributed by atoms with Crippen molar-refractivity contribution in [3.05, 3.63) is 93.0 Å². The number of hydrogen-bond donors (Lipinski definition) is 2. The number of carbonyl (C=O) groups is 1. The van der Waals surface area contributed by atoms with Crippen molar-refractivity contribution in [3.63, 3.8) is 0 Å². The molecular formula is C26H26ClN5O7S. The fraction of sp³-hybridized carbons (Fsp3) is 0.231. The van der Waals surface area contributed by atoms with Crippen LogP contribution < -0.4 is 14.8 Å². The number of nitro benzene ring substituents is 1. The van der Waals surface area contributed by atoms with Gasteiger partial charge in [-0.05, 0) is 56.7 Å². The van der Waals surface area contributed by atoms with Crippen LogP contribution in [0.1, 0.15) is 42.1 Å². The minimum absolute atomic E-state index is 0.00517. The van der Waals surface area contributed by atoms with Gasteiger partial charge in [-0.25, -0.2) is 13.1 Å². The van der Waals surface area contributed by atoms with Crippen LogP contribution >= 0.6 is 11.6 Å². The maximum absolute atomic E-state index is 13.3. The van der Waals surface area contributed by atoms with Gasteiger partial charge in [0.1, 0.15) is 16.4 Å². The molecule has 1 atom stereocenters. The summed E-state index contributed by atoms with van der Waals surface area (Å²) in [5.74, 6) is -0.185. The molecule has 0 unspecified atom stereocenters.